The van der Waals surface area contributed by atoms with Gasteiger partial charge >= 0.3 is 138 Å². The van der Waals surface area contributed by atoms with Gasteiger partial charge in [-0.3, -0.25) is 0 Å². The SMILES string of the molecule is Fc1ccc(-c2ccnc(-c3ccc(F)cc3)n2)cc1.O=C([O-])[O-].[Cs+].[Cs+]. The van der Waals surface area contributed by atoms with Crippen molar-refractivity contribution in [3.05, 3.63) is 72.4 Å². The van der Waals surface area contributed by atoms with Crippen molar-refractivity contribution in [2.24, 2.45) is 0 Å². The minimum Gasteiger partial charge on any atom is -0.652 e. The topological polar surface area (TPSA) is 89.0 Å². The molecule has 0 unspecified atom stereocenters. The normalized spacial score (nSPS) is 9.00. The second-order valence-corrected chi connectivity index (χ2v) is 4.53. The van der Waals surface area contributed by atoms with Crippen LogP contribution < -0.4 is 148 Å². The molecule has 26 heavy (non-hydrogen) atoms. The van der Waals surface area contributed by atoms with Crippen molar-refractivity contribution in [2.45, 2.75) is 0 Å². The number of carboxylic acid groups (broad SMARTS) is 2. The Kier molecular flexibility index (Phi) is 14.3. The summed E-state index contributed by atoms with van der Waals surface area (Å²) in [7, 11) is 0. The first-order chi connectivity index (χ1) is 11.5. The maximum Gasteiger partial charge on any atom is 1.00 e. The van der Waals surface area contributed by atoms with Crippen LogP contribution in [0.1, 0.15) is 0 Å². The Morgan fingerprint density at radius 3 is 1.65 bits per heavy atom. The van der Waals surface area contributed by atoms with Gasteiger partial charge in [0, 0.05) is 17.3 Å². The van der Waals surface area contributed by atoms with Crippen molar-refractivity contribution >= 4 is 6.16 Å². The molecule has 0 N–H and O–H groups in total. The Labute approximate surface area is 266 Å². The second kappa shape index (κ2) is 13.9. The number of carbonyl (C=O) groups is 1. The molecular weight excluding hydrogens is 584 g/mol. The zero-order chi connectivity index (χ0) is 17.5. The molecule has 1 heterocycles. The van der Waals surface area contributed by atoms with Crippen molar-refractivity contribution in [3.63, 3.8) is 0 Å². The van der Waals surface area contributed by atoms with E-state index in [1.54, 1.807) is 36.5 Å². The van der Waals surface area contributed by atoms with E-state index in [1.807, 2.05) is 0 Å². The molecule has 122 valence electrons. The number of nitrogens with zero attached hydrogens (tertiary/aromatic N) is 2. The van der Waals surface area contributed by atoms with Gasteiger partial charge in [0.15, 0.2) is 5.82 Å². The summed E-state index contributed by atoms with van der Waals surface area (Å²) in [4.78, 5) is 16.9. The monoisotopic (exact) mass is 594 g/mol. The van der Waals surface area contributed by atoms with Crippen LogP contribution in [0.15, 0.2) is 60.8 Å². The van der Waals surface area contributed by atoms with Crippen molar-refractivity contribution in [3.8, 4) is 22.6 Å². The molecule has 3 rings (SSSR count). The van der Waals surface area contributed by atoms with Crippen LogP contribution in [0.4, 0.5) is 13.6 Å². The molecule has 5 nitrogen and oxygen atoms in total. The Bertz CT molecular complexity index is 767. The molecule has 0 atom stereocenters. The van der Waals surface area contributed by atoms with E-state index >= 15 is 0 Å². The van der Waals surface area contributed by atoms with E-state index in [-0.39, 0.29) is 149 Å². The first-order valence-electron chi connectivity index (χ1n) is 6.68. The second-order valence-electron chi connectivity index (χ2n) is 4.53. The average Bonchev–Trinajstić information content (AvgIpc) is 2.56. The molecule has 0 saturated heterocycles. The maximum absolute atomic E-state index is 12.9. The van der Waals surface area contributed by atoms with E-state index in [0.29, 0.717) is 11.5 Å². The summed E-state index contributed by atoms with van der Waals surface area (Å²) in [6, 6.07) is 13.8. The summed E-state index contributed by atoms with van der Waals surface area (Å²) < 4.78 is 25.8. The zero-order valence-electron chi connectivity index (χ0n) is 14.1. The number of hydrogen-bond donors (Lipinski definition) is 0. The number of rotatable bonds is 2. The van der Waals surface area contributed by atoms with Gasteiger partial charge < -0.3 is 15.0 Å². The van der Waals surface area contributed by atoms with Crippen LogP contribution in [0.2, 0.25) is 0 Å². The molecule has 0 aliphatic carbocycles. The third-order valence-electron chi connectivity index (χ3n) is 2.90. The minimum absolute atomic E-state index is 0. The predicted molar refractivity (Wildman–Crippen MR) is 78.2 cm³/mol. The van der Waals surface area contributed by atoms with Crippen molar-refractivity contribution in [2.75, 3.05) is 0 Å². The van der Waals surface area contributed by atoms with Crippen molar-refractivity contribution in [1.82, 2.24) is 9.97 Å². The van der Waals surface area contributed by atoms with E-state index in [4.69, 9.17) is 15.0 Å². The molecule has 0 fully saturated rings. The third-order valence-corrected chi connectivity index (χ3v) is 2.90. The molecule has 3 aromatic rings. The fourth-order valence-corrected chi connectivity index (χ4v) is 1.88. The molecule has 0 radical (unpaired) electrons. The Morgan fingerprint density at radius 2 is 1.19 bits per heavy atom. The van der Waals surface area contributed by atoms with Gasteiger partial charge in [0.25, 0.3) is 0 Å². The van der Waals surface area contributed by atoms with E-state index in [2.05, 4.69) is 9.97 Å². The van der Waals surface area contributed by atoms with Gasteiger partial charge in [-0.25, -0.2) is 18.7 Å². The van der Waals surface area contributed by atoms with Crippen LogP contribution in [0.5, 0.6) is 0 Å². The summed E-state index contributed by atoms with van der Waals surface area (Å²) in [6.45, 7) is 0. The van der Waals surface area contributed by atoms with E-state index in [9.17, 15) is 8.78 Å². The van der Waals surface area contributed by atoms with Crippen molar-refractivity contribution in [1.29, 1.82) is 0 Å². The molecule has 1 aromatic heterocycles. The molecule has 9 heteroatoms. The van der Waals surface area contributed by atoms with Gasteiger partial charge in [-0.1, -0.05) is 0 Å². The quantitative estimate of drug-likeness (QED) is 0.300. The van der Waals surface area contributed by atoms with Crippen LogP contribution in [-0.4, -0.2) is 16.1 Å². The number of benzene rings is 2. The maximum atomic E-state index is 12.9. The zero-order valence-corrected chi connectivity index (χ0v) is 26.7. The van der Waals surface area contributed by atoms with Crippen LogP contribution in [-0.2, 0) is 0 Å². The van der Waals surface area contributed by atoms with Gasteiger partial charge in [0.1, 0.15) is 11.6 Å². The molecule has 0 saturated carbocycles. The standard InChI is InChI=1S/C16H10F2N2.CH2O3.2Cs/c17-13-5-1-11(2-6-13)15-9-10-19-16(20-15)12-3-7-14(18)8-4-12;2-1(3)4;;/h1-10H;(H2,2,3,4);;/q;;2*+1/p-2. The molecule has 0 spiro atoms. The van der Waals surface area contributed by atoms with Gasteiger partial charge in [0.05, 0.1) is 5.69 Å². The Morgan fingerprint density at radius 1 is 0.769 bits per heavy atom. The van der Waals surface area contributed by atoms with E-state index in [0.717, 1.165) is 11.1 Å². The molecular formula is C17H10Cs2F2N2O3. The van der Waals surface area contributed by atoms with E-state index in [1.165, 1.54) is 24.3 Å². The van der Waals surface area contributed by atoms with Crippen LogP contribution >= 0.6 is 0 Å². The fraction of sp³-hybridized carbons (Fsp3) is 0. The molecule has 2 aromatic carbocycles. The number of halogens is 2. The molecule has 0 aliphatic heterocycles. The first kappa shape index (κ1) is 26.8. The van der Waals surface area contributed by atoms with Crippen LogP contribution in [0.3, 0.4) is 0 Å². The largest absolute Gasteiger partial charge is 1.00 e. The first-order valence-corrected chi connectivity index (χ1v) is 6.68. The molecule has 0 aliphatic rings. The smallest absolute Gasteiger partial charge is 0.652 e. The van der Waals surface area contributed by atoms with Crippen LogP contribution in [0, 0.1) is 11.6 Å². The Balaban J connectivity index is 0.000000951. The van der Waals surface area contributed by atoms with Gasteiger partial charge in [-0.05, 0) is 60.8 Å². The number of aromatic nitrogens is 2. The average molecular weight is 594 g/mol. The summed E-state index contributed by atoms with van der Waals surface area (Å²) >= 11 is 0. The number of carbonyl (C=O) groups excluding carboxylic acids is 1. The van der Waals surface area contributed by atoms with Gasteiger partial charge in [0.2, 0.25) is 0 Å². The number of hydrogen-bond acceptors (Lipinski definition) is 5. The Hall–Kier alpha value is 0.754. The predicted octanol–water partition coefficient (Wildman–Crippen LogP) is -4.35. The summed E-state index contributed by atoms with van der Waals surface area (Å²) in [5.74, 6) is -0.0863. The summed E-state index contributed by atoms with van der Waals surface area (Å²) in [5, 5.41) is 16.7. The van der Waals surface area contributed by atoms with Gasteiger partial charge in [-0.15, -0.1) is 0 Å². The van der Waals surface area contributed by atoms with Gasteiger partial charge in [-0.2, -0.15) is 0 Å². The fourth-order valence-electron chi connectivity index (χ4n) is 1.88. The van der Waals surface area contributed by atoms with Crippen LogP contribution in [0.25, 0.3) is 22.6 Å². The molecule has 0 amide bonds. The third kappa shape index (κ3) is 9.30. The molecule has 0 bridgehead atoms. The van der Waals surface area contributed by atoms with E-state index < -0.39 is 6.16 Å². The summed E-state index contributed by atoms with van der Waals surface area (Å²) in [5.41, 5.74) is 2.23. The van der Waals surface area contributed by atoms with Crippen molar-refractivity contribution < 1.29 is 162 Å². The summed E-state index contributed by atoms with van der Waals surface area (Å²) in [6.07, 6.45) is -0.704. The minimum atomic E-state index is -2.33.